The summed E-state index contributed by atoms with van der Waals surface area (Å²) in [5.41, 5.74) is 2.40. The number of halogens is 3. The van der Waals surface area contributed by atoms with Gasteiger partial charge in [0.15, 0.2) is 0 Å². The van der Waals surface area contributed by atoms with Crippen molar-refractivity contribution in [2.45, 2.75) is 12.8 Å². The van der Waals surface area contributed by atoms with E-state index in [1.54, 1.807) is 54.6 Å². The summed E-state index contributed by atoms with van der Waals surface area (Å²) in [6.07, 6.45) is -5.14. The van der Waals surface area contributed by atoms with Crippen LogP contribution in [0.3, 0.4) is 0 Å². The lowest BCUT2D eigenvalue weighted by atomic mass is 9.97. The first-order valence-electron chi connectivity index (χ1n) is 9.53. The van der Waals surface area contributed by atoms with Crippen LogP contribution in [0.4, 0.5) is 13.2 Å². The minimum absolute atomic E-state index is 0.167. The number of carbonyl (C=O) groups excluding carboxylic acids is 1. The molecule has 1 aromatic heterocycles. The molecule has 0 spiro atoms. The minimum atomic E-state index is -4.81. The van der Waals surface area contributed by atoms with Gasteiger partial charge < -0.3 is 14.8 Å². The molecule has 4 aromatic rings. The second kappa shape index (κ2) is 8.22. The van der Waals surface area contributed by atoms with Crippen LogP contribution in [0.25, 0.3) is 22.0 Å². The number of hydrogen-bond acceptors (Lipinski definition) is 3. The number of ketones is 1. The number of nitrogens with one attached hydrogen (secondary N) is 1. The fourth-order valence-corrected chi connectivity index (χ4v) is 3.59. The number of ether oxygens (including phenoxy) is 1. The monoisotopic (exact) mass is 439 g/mol. The van der Waals surface area contributed by atoms with Gasteiger partial charge >= 0.3 is 12.3 Å². The van der Waals surface area contributed by atoms with Crippen molar-refractivity contribution in [2.75, 3.05) is 0 Å². The van der Waals surface area contributed by atoms with E-state index < -0.39 is 18.1 Å². The highest BCUT2D eigenvalue weighted by Gasteiger charge is 2.31. The van der Waals surface area contributed by atoms with Crippen molar-refractivity contribution in [3.8, 4) is 16.9 Å². The largest absolute Gasteiger partial charge is 0.573 e. The highest BCUT2D eigenvalue weighted by molar-refractivity contribution is 6.12. The van der Waals surface area contributed by atoms with E-state index in [-0.39, 0.29) is 23.4 Å². The zero-order valence-electron chi connectivity index (χ0n) is 16.4. The molecule has 32 heavy (non-hydrogen) atoms. The number of H-pyrrole nitrogens is 1. The van der Waals surface area contributed by atoms with E-state index in [9.17, 15) is 27.9 Å². The maximum atomic E-state index is 13.3. The lowest BCUT2D eigenvalue weighted by Gasteiger charge is -2.11. The summed E-state index contributed by atoms with van der Waals surface area (Å²) in [4.78, 5) is 27.6. The maximum absolute atomic E-state index is 13.3. The van der Waals surface area contributed by atoms with Crippen molar-refractivity contribution < 1.29 is 32.6 Å². The van der Waals surface area contributed by atoms with E-state index >= 15 is 0 Å². The number of alkyl halides is 3. The van der Waals surface area contributed by atoms with Gasteiger partial charge in [-0.05, 0) is 35.4 Å². The van der Waals surface area contributed by atoms with Gasteiger partial charge in [-0.25, -0.2) is 0 Å². The van der Waals surface area contributed by atoms with Crippen LogP contribution in [0.5, 0.6) is 5.75 Å². The van der Waals surface area contributed by atoms with Crippen LogP contribution in [0.15, 0.2) is 72.8 Å². The van der Waals surface area contributed by atoms with Crippen LogP contribution in [0, 0.1) is 0 Å². The SMILES string of the molecule is O=C(O)Cc1c(C(=O)c2cccc(-c3cccc(OC(F)(F)F)c3)c2)[nH]c2ccccc12. The molecule has 0 radical (unpaired) electrons. The number of aromatic amines is 1. The van der Waals surface area contributed by atoms with Gasteiger partial charge in [0.1, 0.15) is 5.75 Å². The number of fused-ring (bicyclic) bond motifs is 1. The van der Waals surface area contributed by atoms with Crippen molar-refractivity contribution in [3.63, 3.8) is 0 Å². The molecule has 1 heterocycles. The number of aliphatic carboxylic acids is 1. The van der Waals surface area contributed by atoms with Gasteiger partial charge in [-0.2, -0.15) is 0 Å². The number of benzene rings is 3. The summed E-state index contributed by atoms with van der Waals surface area (Å²) >= 11 is 0. The summed E-state index contributed by atoms with van der Waals surface area (Å²) in [6.45, 7) is 0. The van der Waals surface area contributed by atoms with Gasteiger partial charge in [0.2, 0.25) is 5.78 Å². The Balaban J connectivity index is 1.73. The summed E-state index contributed by atoms with van der Waals surface area (Å²) in [6, 6.07) is 18.9. The maximum Gasteiger partial charge on any atom is 0.573 e. The summed E-state index contributed by atoms with van der Waals surface area (Å²) in [7, 11) is 0. The number of carbonyl (C=O) groups is 2. The number of rotatable bonds is 6. The molecule has 3 aromatic carbocycles. The van der Waals surface area contributed by atoms with Crippen LogP contribution in [-0.2, 0) is 11.2 Å². The quantitative estimate of drug-likeness (QED) is 0.384. The Morgan fingerprint density at radius 1 is 0.906 bits per heavy atom. The molecule has 0 saturated heterocycles. The van der Waals surface area contributed by atoms with Crippen LogP contribution < -0.4 is 4.74 Å². The Morgan fingerprint density at radius 3 is 2.31 bits per heavy atom. The third-order valence-electron chi connectivity index (χ3n) is 4.89. The van der Waals surface area contributed by atoms with Crippen LogP contribution in [-0.4, -0.2) is 28.2 Å². The number of carboxylic acid groups (broad SMARTS) is 1. The molecule has 162 valence electrons. The lowest BCUT2D eigenvalue weighted by molar-refractivity contribution is -0.274. The Labute approximate surface area is 180 Å². The average molecular weight is 439 g/mol. The number of hydrogen-bond donors (Lipinski definition) is 2. The molecule has 5 nitrogen and oxygen atoms in total. The molecule has 0 aliphatic carbocycles. The standard InChI is InChI=1S/C24H16F3NO4/c25-24(26,27)32-17-8-4-6-15(12-17)14-5-3-7-16(11-14)23(31)22-19(13-21(29)30)18-9-1-2-10-20(18)28-22/h1-12,28H,13H2,(H,29,30). The van der Waals surface area contributed by atoms with Gasteiger partial charge in [-0.15, -0.1) is 13.2 Å². The Kier molecular flexibility index (Phi) is 5.44. The van der Waals surface area contributed by atoms with Crippen LogP contribution in [0.1, 0.15) is 21.6 Å². The summed E-state index contributed by atoms with van der Waals surface area (Å²) in [5.74, 6) is -1.85. The molecular formula is C24H16F3NO4. The average Bonchev–Trinajstić information content (AvgIpc) is 3.10. The Morgan fingerprint density at radius 2 is 1.59 bits per heavy atom. The van der Waals surface area contributed by atoms with Crippen LogP contribution in [0.2, 0.25) is 0 Å². The second-order valence-corrected chi connectivity index (χ2v) is 7.08. The first kappa shape index (κ1) is 21.2. The summed E-state index contributed by atoms with van der Waals surface area (Å²) < 4.78 is 41.6. The van der Waals surface area contributed by atoms with E-state index in [2.05, 4.69) is 9.72 Å². The van der Waals surface area contributed by atoms with Crippen LogP contribution >= 0.6 is 0 Å². The minimum Gasteiger partial charge on any atom is -0.481 e. The van der Waals surface area contributed by atoms with Crippen molar-refractivity contribution in [1.82, 2.24) is 4.98 Å². The van der Waals surface area contributed by atoms with Gasteiger partial charge in [-0.3, -0.25) is 9.59 Å². The molecule has 8 heteroatoms. The molecule has 0 bridgehead atoms. The van der Waals surface area contributed by atoms with Crippen molar-refractivity contribution in [2.24, 2.45) is 0 Å². The predicted octanol–water partition coefficient (Wildman–Crippen LogP) is 5.59. The van der Waals surface area contributed by atoms with E-state index in [4.69, 9.17) is 0 Å². The smallest absolute Gasteiger partial charge is 0.481 e. The van der Waals surface area contributed by atoms with Gasteiger partial charge in [-0.1, -0.05) is 48.5 Å². The molecule has 0 fully saturated rings. The fourth-order valence-electron chi connectivity index (χ4n) is 3.59. The molecular weight excluding hydrogens is 423 g/mol. The zero-order chi connectivity index (χ0) is 22.9. The first-order chi connectivity index (χ1) is 15.2. The highest BCUT2D eigenvalue weighted by atomic mass is 19.4. The highest BCUT2D eigenvalue weighted by Crippen LogP contribution is 2.30. The van der Waals surface area contributed by atoms with E-state index in [1.807, 2.05) is 0 Å². The van der Waals surface area contributed by atoms with E-state index in [1.165, 1.54) is 18.2 Å². The molecule has 0 saturated carbocycles. The molecule has 0 atom stereocenters. The van der Waals surface area contributed by atoms with Gasteiger partial charge in [0.05, 0.1) is 12.1 Å². The first-order valence-corrected chi connectivity index (χ1v) is 9.53. The van der Waals surface area contributed by atoms with Crippen molar-refractivity contribution in [3.05, 3.63) is 89.6 Å². The van der Waals surface area contributed by atoms with Crippen molar-refractivity contribution in [1.29, 1.82) is 0 Å². The fraction of sp³-hybridized carbons (Fsp3) is 0.0833. The summed E-state index contributed by atoms with van der Waals surface area (Å²) in [5, 5.41) is 9.95. The number of carboxylic acids is 1. The second-order valence-electron chi connectivity index (χ2n) is 7.08. The third-order valence-corrected chi connectivity index (χ3v) is 4.89. The van der Waals surface area contributed by atoms with Gasteiger partial charge in [0.25, 0.3) is 0 Å². The Hall–Kier alpha value is -4.07. The van der Waals surface area contributed by atoms with Crippen molar-refractivity contribution >= 4 is 22.7 Å². The molecule has 0 aliphatic heterocycles. The van der Waals surface area contributed by atoms with Gasteiger partial charge in [0, 0.05) is 22.0 Å². The predicted molar refractivity (Wildman–Crippen MR) is 112 cm³/mol. The number of para-hydroxylation sites is 1. The van der Waals surface area contributed by atoms with E-state index in [0.29, 0.717) is 27.6 Å². The molecule has 4 rings (SSSR count). The Bertz CT molecular complexity index is 1320. The van der Waals surface area contributed by atoms with E-state index in [0.717, 1.165) is 0 Å². The molecule has 0 aliphatic rings. The number of aromatic nitrogens is 1. The molecule has 2 N–H and O–H groups in total. The topological polar surface area (TPSA) is 79.4 Å². The zero-order valence-corrected chi connectivity index (χ0v) is 16.4. The molecule has 0 unspecified atom stereocenters. The molecule has 0 amide bonds. The lowest BCUT2D eigenvalue weighted by Crippen LogP contribution is -2.17. The normalized spacial score (nSPS) is 11.5. The third kappa shape index (κ3) is 4.49.